The van der Waals surface area contributed by atoms with Gasteiger partial charge in [0.2, 0.25) is 5.91 Å². The number of nitrogens with two attached hydrogens (primary N) is 1. The van der Waals surface area contributed by atoms with Crippen molar-refractivity contribution in [3.8, 4) is 0 Å². The largest absolute Gasteiger partial charge is 0.369 e. The fraction of sp³-hybridized carbons (Fsp3) is 0.385. The first-order valence-corrected chi connectivity index (χ1v) is 6.74. The molecule has 0 bridgehead atoms. The van der Waals surface area contributed by atoms with Gasteiger partial charge in [-0.2, -0.15) is 0 Å². The van der Waals surface area contributed by atoms with Crippen molar-refractivity contribution < 1.29 is 9.59 Å². The number of carbonyl (C=O) groups is 2. The van der Waals surface area contributed by atoms with E-state index < -0.39 is 0 Å². The zero-order valence-corrected chi connectivity index (χ0v) is 11.8. The highest BCUT2D eigenvalue weighted by molar-refractivity contribution is 6.30. The zero-order chi connectivity index (χ0) is 14.5. The predicted octanol–water partition coefficient (Wildman–Crippen LogP) is 0.975. The molecule has 3 N–H and O–H groups in total. The highest BCUT2D eigenvalue weighted by Gasteiger charge is 2.21. The number of nitrogens with one attached hydrogen (secondary N) is 1. The molecule has 1 aromatic rings. The lowest BCUT2D eigenvalue weighted by Gasteiger charge is -2.33. The van der Waals surface area contributed by atoms with Crippen molar-refractivity contribution in [2.24, 2.45) is 5.73 Å². The van der Waals surface area contributed by atoms with Crippen LogP contribution in [0.2, 0.25) is 5.02 Å². The Morgan fingerprint density at radius 3 is 2.30 bits per heavy atom. The second-order valence-corrected chi connectivity index (χ2v) is 5.10. The van der Waals surface area contributed by atoms with Crippen molar-refractivity contribution in [2.75, 3.05) is 38.0 Å². The molecule has 1 aliphatic rings. The summed E-state index contributed by atoms with van der Waals surface area (Å²) in [5.74, 6) is -0.343. The number of anilines is 1. The number of halogens is 1. The highest BCUT2D eigenvalue weighted by atomic mass is 35.5. The average molecular weight is 297 g/mol. The van der Waals surface area contributed by atoms with Gasteiger partial charge < -0.3 is 16.0 Å². The number of hydrogen-bond donors (Lipinski definition) is 2. The van der Waals surface area contributed by atoms with Crippen LogP contribution in [0, 0.1) is 0 Å². The van der Waals surface area contributed by atoms with Crippen LogP contribution in [-0.4, -0.2) is 54.5 Å². The van der Waals surface area contributed by atoms with E-state index >= 15 is 0 Å². The zero-order valence-electron chi connectivity index (χ0n) is 11.0. The number of carbonyl (C=O) groups excluding carboxylic acids is 2. The first-order valence-electron chi connectivity index (χ1n) is 6.37. The molecule has 1 aromatic carbocycles. The van der Waals surface area contributed by atoms with Crippen LogP contribution in [-0.2, 0) is 4.79 Å². The van der Waals surface area contributed by atoms with Crippen LogP contribution >= 0.6 is 11.6 Å². The van der Waals surface area contributed by atoms with E-state index in [9.17, 15) is 9.59 Å². The Balaban J connectivity index is 1.82. The molecule has 108 valence electrons. The molecule has 1 heterocycles. The molecule has 1 aliphatic heterocycles. The lowest BCUT2D eigenvalue weighted by molar-refractivity contribution is -0.119. The van der Waals surface area contributed by atoms with E-state index in [1.807, 2.05) is 4.90 Å². The summed E-state index contributed by atoms with van der Waals surface area (Å²) in [6.45, 7) is 2.69. The Morgan fingerprint density at radius 1 is 1.15 bits per heavy atom. The van der Waals surface area contributed by atoms with Gasteiger partial charge in [-0.1, -0.05) is 11.6 Å². The Hall–Kier alpha value is -1.79. The number of amides is 3. The summed E-state index contributed by atoms with van der Waals surface area (Å²) < 4.78 is 0. The molecule has 0 aliphatic carbocycles. The molecular weight excluding hydrogens is 280 g/mol. The van der Waals surface area contributed by atoms with E-state index in [1.165, 1.54) is 0 Å². The monoisotopic (exact) mass is 296 g/mol. The molecular formula is C13H17ClN4O2. The van der Waals surface area contributed by atoms with Crippen LogP contribution < -0.4 is 11.1 Å². The third kappa shape index (κ3) is 4.11. The molecule has 20 heavy (non-hydrogen) atoms. The fourth-order valence-electron chi connectivity index (χ4n) is 2.07. The summed E-state index contributed by atoms with van der Waals surface area (Å²) in [6, 6.07) is 6.81. The molecule has 0 atom stereocenters. The number of rotatable bonds is 3. The Morgan fingerprint density at radius 2 is 1.75 bits per heavy atom. The summed E-state index contributed by atoms with van der Waals surface area (Å²) in [5, 5.41) is 3.44. The van der Waals surface area contributed by atoms with Crippen molar-refractivity contribution in [1.29, 1.82) is 0 Å². The molecule has 1 fully saturated rings. The molecule has 2 rings (SSSR count). The standard InChI is InChI=1S/C13H17ClN4O2/c14-10-1-3-11(4-2-10)16-13(20)18-7-5-17(6-8-18)9-12(15)19/h1-4H,5-9H2,(H2,15,19)(H,16,20). The van der Waals surface area contributed by atoms with Crippen LogP contribution in [0.4, 0.5) is 10.5 Å². The molecule has 0 spiro atoms. The van der Waals surface area contributed by atoms with Gasteiger partial charge in [0, 0.05) is 36.9 Å². The minimum atomic E-state index is -0.343. The topological polar surface area (TPSA) is 78.7 Å². The number of benzene rings is 1. The molecule has 0 aromatic heterocycles. The van der Waals surface area contributed by atoms with Gasteiger partial charge >= 0.3 is 6.03 Å². The summed E-state index contributed by atoms with van der Waals surface area (Å²) in [7, 11) is 0. The molecule has 7 heteroatoms. The van der Waals surface area contributed by atoms with Gasteiger partial charge in [-0.25, -0.2) is 4.79 Å². The van der Waals surface area contributed by atoms with E-state index in [2.05, 4.69) is 5.32 Å². The molecule has 0 unspecified atom stereocenters. The molecule has 6 nitrogen and oxygen atoms in total. The van der Waals surface area contributed by atoms with Crippen molar-refractivity contribution in [2.45, 2.75) is 0 Å². The van der Waals surface area contributed by atoms with Crippen LogP contribution in [0.15, 0.2) is 24.3 Å². The van der Waals surface area contributed by atoms with Crippen LogP contribution in [0.1, 0.15) is 0 Å². The fourth-order valence-corrected chi connectivity index (χ4v) is 2.19. The Bertz CT molecular complexity index is 484. The van der Waals surface area contributed by atoms with Gasteiger partial charge in [0.25, 0.3) is 0 Å². The van der Waals surface area contributed by atoms with E-state index in [0.717, 1.165) is 0 Å². The minimum absolute atomic E-state index is 0.147. The van der Waals surface area contributed by atoms with Gasteiger partial charge in [-0.15, -0.1) is 0 Å². The number of piperazine rings is 1. The summed E-state index contributed by atoms with van der Waals surface area (Å²) in [4.78, 5) is 26.5. The summed E-state index contributed by atoms with van der Waals surface area (Å²) in [5.41, 5.74) is 5.86. The Kier molecular flexibility index (Phi) is 4.81. The van der Waals surface area contributed by atoms with Crippen LogP contribution in [0.25, 0.3) is 0 Å². The second-order valence-electron chi connectivity index (χ2n) is 4.67. The van der Waals surface area contributed by atoms with Crippen molar-refractivity contribution >= 4 is 29.2 Å². The van der Waals surface area contributed by atoms with Gasteiger partial charge in [-0.05, 0) is 24.3 Å². The first-order chi connectivity index (χ1) is 9.54. The van der Waals surface area contributed by atoms with E-state index in [1.54, 1.807) is 29.2 Å². The van der Waals surface area contributed by atoms with Crippen molar-refractivity contribution in [3.05, 3.63) is 29.3 Å². The van der Waals surface area contributed by atoms with Crippen LogP contribution in [0.5, 0.6) is 0 Å². The van der Waals surface area contributed by atoms with E-state index in [4.69, 9.17) is 17.3 Å². The van der Waals surface area contributed by atoms with Gasteiger partial charge in [0.15, 0.2) is 0 Å². The Labute approximate surface area is 122 Å². The quantitative estimate of drug-likeness (QED) is 0.872. The molecule has 0 saturated carbocycles. The molecule has 3 amide bonds. The van der Waals surface area contributed by atoms with Crippen LogP contribution in [0.3, 0.4) is 0 Å². The minimum Gasteiger partial charge on any atom is -0.369 e. The van der Waals surface area contributed by atoms with Crippen molar-refractivity contribution in [3.63, 3.8) is 0 Å². The maximum atomic E-state index is 12.1. The van der Waals surface area contributed by atoms with E-state index in [-0.39, 0.29) is 18.5 Å². The maximum absolute atomic E-state index is 12.1. The normalized spacial score (nSPS) is 15.9. The van der Waals surface area contributed by atoms with Gasteiger partial charge in [0.1, 0.15) is 0 Å². The smallest absolute Gasteiger partial charge is 0.321 e. The number of hydrogen-bond acceptors (Lipinski definition) is 3. The molecule has 1 saturated heterocycles. The number of nitrogens with zero attached hydrogens (tertiary/aromatic N) is 2. The number of urea groups is 1. The summed E-state index contributed by atoms with van der Waals surface area (Å²) >= 11 is 5.79. The average Bonchev–Trinajstić information content (AvgIpc) is 2.41. The van der Waals surface area contributed by atoms with Gasteiger partial charge in [0.05, 0.1) is 6.54 Å². The highest BCUT2D eigenvalue weighted by Crippen LogP contribution is 2.14. The third-order valence-corrected chi connectivity index (χ3v) is 3.39. The van der Waals surface area contributed by atoms with E-state index in [0.29, 0.717) is 36.9 Å². The number of primary amides is 1. The second kappa shape index (κ2) is 6.58. The summed E-state index contributed by atoms with van der Waals surface area (Å²) in [6.07, 6.45) is 0. The maximum Gasteiger partial charge on any atom is 0.321 e. The molecule has 0 radical (unpaired) electrons. The van der Waals surface area contributed by atoms with Crippen molar-refractivity contribution in [1.82, 2.24) is 9.80 Å². The van der Waals surface area contributed by atoms with Gasteiger partial charge in [-0.3, -0.25) is 9.69 Å². The third-order valence-electron chi connectivity index (χ3n) is 3.13. The SMILES string of the molecule is NC(=O)CN1CCN(C(=O)Nc2ccc(Cl)cc2)CC1. The predicted molar refractivity (Wildman–Crippen MR) is 77.7 cm³/mol. The first kappa shape index (κ1) is 14.6. The lowest BCUT2D eigenvalue weighted by Crippen LogP contribution is -2.51. The lowest BCUT2D eigenvalue weighted by atomic mass is 10.3.